The Kier molecular flexibility index (Phi) is 30.5. The first-order valence-corrected chi connectivity index (χ1v) is 41.1. The van der Waals surface area contributed by atoms with E-state index in [9.17, 15) is 38.4 Å². The molecule has 10 aromatic rings. The van der Waals surface area contributed by atoms with E-state index < -0.39 is 11.4 Å². The summed E-state index contributed by atoms with van der Waals surface area (Å²) in [6.07, 6.45) is 41.2. The van der Waals surface area contributed by atoms with E-state index in [0.29, 0.717) is 82.1 Å². The summed E-state index contributed by atoms with van der Waals surface area (Å²) in [6.45, 7) is 8.93. The molecular formula is C77H108Br2N18O11. The lowest BCUT2D eigenvalue weighted by atomic mass is 9.89. The molecule has 4 fully saturated rings. The molecule has 0 saturated heterocycles. The SMILES string of the molecule is BrCC1CCCCC1.Cc1cc(CCCCBr)on1.Cc1cc(CCCCn2c(=O)c3c(ncn3CC3CCCCC3)n(C)c2=O)on1.Cc1cc(CCCCn2c(=O)c3c(ncn3CC3CCCCC3)n(C)c2=O)on1.Cn1c(=O)[nH]c(=O)c2c1ncn2CC1CCCCC1.Cn1c2c(c(=O)[nH]c1=O)CC=N2. The van der Waals surface area contributed by atoms with Crippen LogP contribution in [-0.4, -0.2) is 98.4 Å². The molecule has 0 unspecified atom stereocenters. The third-order valence-electron chi connectivity index (χ3n) is 21.4. The zero-order valence-corrected chi connectivity index (χ0v) is 67.1. The van der Waals surface area contributed by atoms with Crippen molar-refractivity contribution in [3.8, 4) is 0 Å². The van der Waals surface area contributed by atoms with Crippen LogP contribution in [0.1, 0.15) is 207 Å². The number of aliphatic imine (C=N–C) groups is 1. The summed E-state index contributed by atoms with van der Waals surface area (Å²) < 4.78 is 29.7. The van der Waals surface area contributed by atoms with Crippen LogP contribution in [0.15, 0.2) is 94.1 Å². The fourth-order valence-electron chi connectivity index (χ4n) is 15.3. The van der Waals surface area contributed by atoms with Crippen molar-refractivity contribution in [3.63, 3.8) is 0 Å². The second kappa shape index (κ2) is 40.2. The molecule has 29 nitrogen and oxygen atoms in total. The van der Waals surface area contributed by atoms with Crippen molar-refractivity contribution in [2.24, 2.45) is 56.9 Å². The second-order valence-corrected chi connectivity index (χ2v) is 31.2. The highest BCUT2D eigenvalue weighted by Gasteiger charge is 2.24. The van der Waals surface area contributed by atoms with E-state index >= 15 is 0 Å². The molecule has 0 amide bonds. The van der Waals surface area contributed by atoms with Crippen molar-refractivity contribution in [1.29, 1.82) is 0 Å². The molecule has 108 heavy (non-hydrogen) atoms. The first-order valence-electron chi connectivity index (χ1n) is 38.9. The fourth-order valence-corrected chi connectivity index (χ4v) is 16.3. The van der Waals surface area contributed by atoms with Gasteiger partial charge in [0.2, 0.25) is 0 Å². The van der Waals surface area contributed by atoms with E-state index in [1.807, 2.05) is 52.7 Å². The number of aryl methyl sites for hydroxylation is 9. The molecule has 10 aromatic heterocycles. The second-order valence-electron chi connectivity index (χ2n) is 29.8. The van der Waals surface area contributed by atoms with E-state index in [0.717, 1.165) is 110 Å². The molecule has 4 aliphatic carbocycles. The van der Waals surface area contributed by atoms with Crippen LogP contribution < -0.4 is 45.0 Å². The molecule has 0 radical (unpaired) electrons. The highest BCUT2D eigenvalue weighted by Crippen LogP contribution is 2.29. The number of fused-ring (bicyclic) bond motifs is 4. The van der Waals surface area contributed by atoms with Gasteiger partial charge in [0.05, 0.1) is 41.6 Å². The summed E-state index contributed by atoms with van der Waals surface area (Å²) in [6, 6.07) is 5.83. The zero-order valence-electron chi connectivity index (χ0n) is 63.9. The van der Waals surface area contributed by atoms with Crippen LogP contribution >= 0.6 is 31.9 Å². The zero-order chi connectivity index (χ0) is 76.8. The van der Waals surface area contributed by atoms with Crippen molar-refractivity contribution in [3.05, 3.63) is 160 Å². The van der Waals surface area contributed by atoms with Crippen molar-refractivity contribution >= 4 is 77.4 Å². The number of halogens is 2. The van der Waals surface area contributed by atoms with Crippen LogP contribution in [0.4, 0.5) is 5.82 Å². The Balaban J connectivity index is 0.000000146. The predicted octanol–water partition coefficient (Wildman–Crippen LogP) is 11.6. The summed E-state index contributed by atoms with van der Waals surface area (Å²) in [4.78, 5) is 119. The smallest absolute Gasteiger partial charge is 0.332 e. The van der Waals surface area contributed by atoms with E-state index in [-0.39, 0.29) is 33.6 Å². The average Bonchev–Trinajstić information content (AvgIpc) is 1.51. The maximum absolute atomic E-state index is 13.2. The Morgan fingerprint density at radius 1 is 0.435 bits per heavy atom. The molecule has 15 rings (SSSR count). The summed E-state index contributed by atoms with van der Waals surface area (Å²) in [5, 5.41) is 13.9. The van der Waals surface area contributed by atoms with Crippen molar-refractivity contribution < 1.29 is 13.6 Å². The number of nitrogens with one attached hydrogen (secondary N) is 2. The Bertz CT molecular complexity index is 4920. The summed E-state index contributed by atoms with van der Waals surface area (Å²) in [5.74, 6) is 5.93. The molecule has 0 aromatic carbocycles. The minimum atomic E-state index is -0.419. The normalized spacial score (nSPS) is 15.6. The minimum Gasteiger partial charge on any atom is -0.361 e. The summed E-state index contributed by atoms with van der Waals surface area (Å²) in [5.41, 5.74) is 3.70. The number of hydrogen-bond acceptors (Lipinski definition) is 18. The molecule has 5 aliphatic rings. The van der Waals surface area contributed by atoms with Gasteiger partial charge >= 0.3 is 22.8 Å². The number of H-pyrrole nitrogens is 2. The molecule has 0 spiro atoms. The lowest BCUT2D eigenvalue weighted by molar-refractivity contribution is 0.321. The van der Waals surface area contributed by atoms with E-state index in [1.165, 1.54) is 174 Å². The number of alkyl halides is 2. The number of unbranched alkanes of at least 4 members (excludes halogenated alkanes) is 3. The molecule has 11 heterocycles. The van der Waals surface area contributed by atoms with Gasteiger partial charge in [-0.05, 0) is 134 Å². The van der Waals surface area contributed by atoms with E-state index in [4.69, 9.17) is 13.6 Å². The van der Waals surface area contributed by atoms with Gasteiger partial charge in [-0.1, -0.05) is 124 Å². The molecule has 586 valence electrons. The third-order valence-corrected chi connectivity index (χ3v) is 22.9. The van der Waals surface area contributed by atoms with Gasteiger partial charge in [-0.3, -0.25) is 56.5 Å². The molecule has 31 heteroatoms. The number of aromatic nitrogens is 17. The van der Waals surface area contributed by atoms with Crippen LogP contribution in [0, 0.1) is 44.4 Å². The molecule has 2 N–H and O–H groups in total. The van der Waals surface area contributed by atoms with Gasteiger partial charge in [-0.15, -0.1) is 0 Å². The van der Waals surface area contributed by atoms with Crippen molar-refractivity contribution in [2.75, 3.05) is 10.7 Å². The van der Waals surface area contributed by atoms with Gasteiger partial charge in [0, 0.05) is 122 Å². The molecule has 1 aliphatic heterocycles. The van der Waals surface area contributed by atoms with Gasteiger partial charge in [0.1, 0.15) is 23.1 Å². The first-order chi connectivity index (χ1) is 52.2. The number of imidazole rings is 3. The van der Waals surface area contributed by atoms with Crippen LogP contribution in [0.5, 0.6) is 0 Å². The van der Waals surface area contributed by atoms with Crippen molar-refractivity contribution in [2.45, 2.75) is 246 Å². The monoisotopic (exact) mass is 1620 g/mol. The minimum absolute atomic E-state index is 0.230. The quantitative estimate of drug-likeness (QED) is 0.0498. The van der Waals surface area contributed by atoms with E-state index in [2.05, 4.69) is 77.2 Å². The topological polar surface area (TPSA) is 342 Å². The maximum atomic E-state index is 13.2. The standard InChI is InChI=1S/2C21H29N5O3.C13H18N4O2.C8H12BrNO.C7H13Br.C7H7N3O2/c2*1-15-12-17(29-23-15)10-6-7-11-26-20(27)18-19(24(2)21(26)28)22-14-25(18)13-16-8-4-3-5-9-16;1-16-11-10(12(18)15-13(16)19)17(8-14-11)7-9-5-3-2-4-6-9;1-7-6-8(11-10-7)4-2-3-5-9;8-6-7-4-2-1-3-5-7;1-10-5-4(2-3-8-5)6(11)9-7(10)12/h2*12,14,16H,3-11,13H2,1-2H3;8-9H,2-7H2,1H3,(H,15,18,19);6H,2-5H2,1H3;7H,1-6H2;3H,2H2,1H3,(H,9,11,12). The van der Waals surface area contributed by atoms with Crippen LogP contribution in [0.3, 0.4) is 0 Å². The lowest BCUT2D eigenvalue weighted by Gasteiger charge is -2.22. The predicted molar refractivity (Wildman–Crippen MR) is 425 cm³/mol. The van der Waals surface area contributed by atoms with Gasteiger partial charge in [-0.25, -0.2) is 39.1 Å². The fraction of sp³-hybridized carbons (Fsp3) is 0.623. The van der Waals surface area contributed by atoms with Crippen LogP contribution in [-0.2, 0) is 86.6 Å². The number of aromatic amines is 2. The summed E-state index contributed by atoms with van der Waals surface area (Å²) in [7, 11) is 6.59. The number of rotatable bonds is 21. The molecule has 0 atom stereocenters. The van der Waals surface area contributed by atoms with Gasteiger partial charge in [0.15, 0.2) is 33.5 Å². The Morgan fingerprint density at radius 3 is 1.17 bits per heavy atom. The highest BCUT2D eigenvalue weighted by atomic mass is 79.9. The van der Waals surface area contributed by atoms with Gasteiger partial charge in [0.25, 0.3) is 22.2 Å². The van der Waals surface area contributed by atoms with Crippen LogP contribution in [0.2, 0.25) is 0 Å². The Hall–Kier alpha value is -8.61. The number of nitrogens with zero attached hydrogens (tertiary/aromatic N) is 16. The average molecular weight is 1620 g/mol. The Labute approximate surface area is 642 Å². The first kappa shape index (κ1) is 81.9. The Morgan fingerprint density at radius 2 is 0.796 bits per heavy atom. The molecule has 4 saturated carbocycles. The lowest BCUT2D eigenvalue weighted by Crippen LogP contribution is -2.39. The largest absolute Gasteiger partial charge is 0.361 e. The summed E-state index contributed by atoms with van der Waals surface area (Å²) >= 11 is 6.89. The third kappa shape index (κ3) is 21.7. The van der Waals surface area contributed by atoms with Crippen LogP contribution in [0.25, 0.3) is 33.5 Å². The maximum Gasteiger partial charge on any atom is 0.332 e. The van der Waals surface area contributed by atoms with E-state index in [1.54, 1.807) is 53.4 Å². The van der Waals surface area contributed by atoms with Crippen molar-refractivity contribution in [1.82, 2.24) is 81.5 Å². The number of hydrogen-bond donors (Lipinski definition) is 2. The molecular weight excluding hydrogens is 1510 g/mol. The van der Waals surface area contributed by atoms with Gasteiger partial charge in [-0.2, -0.15) is 0 Å². The highest BCUT2D eigenvalue weighted by molar-refractivity contribution is 9.09. The molecule has 0 bridgehead atoms. The van der Waals surface area contributed by atoms with Gasteiger partial charge < -0.3 is 27.3 Å².